The second-order valence-electron chi connectivity index (χ2n) is 3.21. The Labute approximate surface area is 98.4 Å². The van der Waals surface area contributed by atoms with Crippen molar-refractivity contribution in [1.29, 1.82) is 5.41 Å². The number of benzene rings is 1. The first-order valence-corrected chi connectivity index (χ1v) is 5.42. The van der Waals surface area contributed by atoms with Crippen LogP contribution in [-0.2, 0) is 0 Å². The maximum absolute atomic E-state index is 7.40. The van der Waals surface area contributed by atoms with Crippen LogP contribution < -0.4 is 0 Å². The van der Waals surface area contributed by atoms with E-state index in [1.165, 1.54) is 0 Å². The largest absolute Gasteiger partial charge is 0.304 e. The number of nitrogens with zero attached hydrogens (tertiary/aromatic N) is 1. The number of para-hydroxylation sites is 1. The van der Waals surface area contributed by atoms with E-state index < -0.39 is 0 Å². The van der Waals surface area contributed by atoms with Crippen LogP contribution in [0.5, 0.6) is 0 Å². The van der Waals surface area contributed by atoms with E-state index in [0.29, 0.717) is 5.71 Å². The lowest BCUT2D eigenvalue weighted by Gasteiger charge is -1.97. The summed E-state index contributed by atoms with van der Waals surface area (Å²) < 4.78 is 0.764. The highest BCUT2D eigenvalue weighted by molar-refractivity contribution is 9.12. The van der Waals surface area contributed by atoms with Gasteiger partial charge in [0.2, 0.25) is 0 Å². The van der Waals surface area contributed by atoms with Crippen molar-refractivity contribution in [1.82, 2.24) is 0 Å². The molecule has 1 aromatic carbocycles. The number of hydrogen-bond acceptors (Lipinski definition) is 2. The van der Waals surface area contributed by atoms with Gasteiger partial charge < -0.3 is 5.41 Å². The van der Waals surface area contributed by atoms with Crippen LogP contribution in [0.4, 0.5) is 5.69 Å². The van der Waals surface area contributed by atoms with E-state index >= 15 is 0 Å². The molecule has 3 heteroatoms. The van der Waals surface area contributed by atoms with E-state index in [1.54, 1.807) is 6.92 Å². The van der Waals surface area contributed by atoms with Gasteiger partial charge in [-0.1, -0.05) is 18.2 Å². The summed E-state index contributed by atoms with van der Waals surface area (Å²) in [6.07, 6.45) is 1.84. The molecule has 0 aliphatic rings. The summed E-state index contributed by atoms with van der Waals surface area (Å²) in [6.45, 7) is 3.65. The van der Waals surface area contributed by atoms with Gasteiger partial charge in [-0.15, -0.1) is 0 Å². The van der Waals surface area contributed by atoms with Crippen LogP contribution in [0.1, 0.15) is 13.8 Å². The smallest absolute Gasteiger partial charge is 0.0632 e. The quantitative estimate of drug-likeness (QED) is 0.799. The van der Waals surface area contributed by atoms with E-state index in [0.717, 1.165) is 15.9 Å². The van der Waals surface area contributed by atoms with Crippen molar-refractivity contribution in [2.45, 2.75) is 13.8 Å². The highest BCUT2D eigenvalue weighted by Gasteiger charge is 1.95. The van der Waals surface area contributed by atoms with Crippen LogP contribution in [0.15, 0.2) is 45.9 Å². The minimum atomic E-state index is 0.498. The lowest BCUT2D eigenvalue weighted by molar-refractivity contribution is 1.48. The molecule has 0 saturated carbocycles. The normalized spacial score (nSPS) is 12.7. The Hall–Kier alpha value is -1.22. The monoisotopic (exact) mass is 264 g/mol. The number of nitrogens with one attached hydrogen (secondary N) is 1. The second-order valence-corrected chi connectivity index (χ2v) is 4.06. The number of halogens is 1. The third kappa shape index (κ3) is 4.21. The molecule has 0 saturated heterocycles. The molecule has 0 radical (unpaired) electrons. The van der Waals surface area contributed by atoms with Gasteiger partial charge in [-0.05, 0) is 48.0 Å². The Morgan fingerprint density at radius 2 is 1.87 bits per heavy atom. The van der Waals surface area contributed by atoms with Crippen molar-refractivity contribution in [2.24, 2.45) is 4.99 Å². The van der Waals surface area contributed by atoms with Crippen molar-refractivity contribution in [3.05, 3.63) is 40.9 Å². The third-order valence-electron chi connectivity index (χ3n) is 1.76. The zero-order valence-electron chi connectivity index (χ0n) is 8.79. The molecule has 0 aliphatic carbocycles. The van der Waals surface area contributed by atoms with Gasteiger partial charge in [-0.2, -0.15) is 0 Å². The van der Waals surface area contributed by atoms with Crippen molar-refractivity contribution >= 4 is 33.0 Å². The summed E-state index contributed by atoms with van der Waals surface area (Å²) in [4.78, 5) is 4.39. The Bertz CT molecular complexity index is 405. The average molecular weight is 265 g/mol. The third-order valence-corrected chi connectivity index (χ3v) is 2.58. The average Bonchev–Trinajstić information content (AvgIpc) is 2.18. The van der Waals surface area contributed by atoms with E-state index in [4.69, 9.17) is 5.41 Å². The van der Waals surface area contributed by atoms with Gasteiger partial charge in [-0.3, -0.25) is 4.99 Å². The molecule has 1 rings (SSSR count). The summed E-state index contributed by atoms with van der Waals surface area (Å²) >= 11 is 3.31. The molecule has 0 heterocycles. The SMILES string of the molecule is CC(=N)/C(Br)=C\C(C)=Nc1ccccc1. The van der Waals surface area contributed by atoms with Gasteiger partial charge >= 0.3 is 0 Å². The molecule has 0 atom stereocenters. The molecular formula is C12H13BrN2. The van der Waals surface area contributed by atoms with Crippen molar-refractivity contribution in [3.63, 3.8) is 0 Å². The number of aliphatic imine (C=N–C) groups is 1. The van der Waals surface area contributed by atoms with Gasteiger partial charge in [0.05, 0.1) is 5.69 Å². The minimum Gasteiger partial charge on any atom is -0.304 e. The molecule has 15 heavy (non-hydrogen) atoms. The fourth-order valence-corrected chi connectivity index (χ4v) is 1.36. The van der Waals surface area contributed by atoms with Gasteiger partial charge in [-0.25, -0.2) is 0 Å². The van der Waals surface area contributed by atoms with Gasteiger partial charge in [0.1, 0.15) is 0 Å². The zero-order valence-corrected chi connectivity index (χ0v) is 10.4. The van der Waals surface area contributed by atoms with Crippen LogP contribution in [-0.4, -0.2) is 11.4 Å². The first-order chi connectivity index (χ1) is 7.09. The van der Waals surface area contributed by atoms with Crippen molar-refractivity contribution < 1.29 is 0 Å². The van der Waals surface area contributed by atoms with E-state index in [1.807, 2.05) is 43.3 Å². The van der Waals surface area contributed by atoms with Gasteiger partial charge in [0.15, 0.2) is 0 Å². The Morgan fingerprint density at radius 1 is 1.27 bits per heavy atom. The lowest BCUT2D eigenvalue weighted by atomic mass is 10.3. The number of rotatable bonds is 3. The predicted octanol–water partition coefficient (Wildman–Crippen LogP) is 4.10. The van der Waals surface area contributed by atoms with Crippen molar-refractivity contribution in [2.75, 3.05) is 0 Å². The molecule has 1 aromatic rings. The van der Waals surface area contributed by atoms with Crippen LogP contribution in [0.2, 0.25) is 0 Å². The lowest BCUT2D eigenvalue weighted by Crippen LogP contribution is -1.91. The maximum Gasteiger partial charge on any atom is 0.0632 e. The predicted molar refractivity (Wildman–Crippen MR) is 69.6 cm³/mol. The summed E-state index contributed by atoms with van der Waals surface area (Å²) in [5.41, 5.74) is 2.30. The molecule has 0 amide bonds. The molecule has 78 valence electrons. The topological polar surface area (TPSA) is 36.2 Å². The molecule has 2 nitrogen and oxygen atoms in total. The second kappa shape index (κ2) is 5.61. The highest BCUT2D eigenvalue weighted by atomic mass is 79.9. The van der Waals surface area contributed by atoms with Gasteiger partial charge in [0.25, 0.3) is 0 Å². The Kier molecular flexibility index (Phi) is 4.43. The van der Waals surface area contributed by atoms with Crippen molar-refractivity contribution in [3.8, 4) is 0 Å². The fraction of sp³-hybridized carbons (Fsp3) is 0.167. The molecule has 0 bridgehead atoms. The van der Waals surface area contributed by atoms with Crippen LogP contribution in [0.25, 0.3) is 0 Å². The summed E-state index contributed by atoms with van der Waals surface area (Å²) in [6, 6.07) is 9.76. The fourth-order valence-electron chi connectivity index (χ4n) is 1.03. The molecular weight excluding hydrogens is 252 g/mol. The van der Waals surface area contributed by atoms with E-state index in [9.17, 15) is 0 Å². The molecule has 0 aliphatic heterocycles. The first-order valence-electron chi connectivity index (χ1n) is 4.62. The molecule has 1 N–H and O–H groups in total. The summed E-state index contributed by atoms with van der Waals surface area (Å²) in [5, 5.41) is 7.40. The zero-order chi connectivity index (χ0) is 11.3. The minimum absolute atomic E-state index is 0.498. The molecule has 0 spiro atoms. The van der Waals surface area contributed by atoms with E-state index in [-0.39, 0.29) is 0 Å². The summed E-state index contributed by atoms with van der Waals surface area (Å²) in [5.74, 6) is 0. The van der Waals surface area contributed by atoms with Crippen LogP contribution in [0, 0.1) is 5.41 Å². The summed E-state index contributed by atoms with van der Waals surface area (Å²) in [7, 11) is 0. The highest BCUT2D eigenvalue weighted by Crippen LogP contribution is 2.12. The van der Waals surface area contributed by atoms with Crippen LogP contribution in [0.3, 0.4) is 0 Å². The molecule has 0 fully saturated rings. The standard InChI is InChI=1S/C12H13BrN2/c1-9(8-12(13)10(2)14)15-11-6-4-3-5-7-11/h3-8,14H,1-2H3/b12-8+,14-10?,15-9?. The Balaban J connectivity index is 2.86. The molecule has 0 aromatic heterocycles. The number of hydrogen-bond donors (Lipinski definition) is 1. The maximum atomic E-state index is 7.40. The van der Waals surface area contributed by atoms with E-state index in [2.05, 4.69) is 20.9 Å². The Morgan fingerprint density at radius 3 is 2.40 bits per heavy atom. The first kappa shape index (κ1) is 11.9. The van der Waals surface area contributed by atoms with Gasteiger partial charge in [0, 0.05) is 15.9 Å². The number of allylic oxidation sites excluding steroid dienone is 2. The molecule has 0 unspecified atom stereocenters. The van der Waals surface area contributed by atoms with Crippen LogP contribution >= 0.6 is 15.9 Å².